The van der Waals surface area contributed by atoms with Crippen molar-refractivity contribution in [3.05, 3.63) is 34.3 Å². The fraction of sp³-hybridized carbons (Fsp3) is 0.467. The summed E-state index contributed by atoms with van der Waals surface area (Å²) >= 11 is 3.49. The van der Waals surface area contributed by atoms with Crippen LogP contribution in [-0.2, 0) is 14.3 Å². The van der Waals surface area contributed by atoms with E-state index in [0.717, 1.165) is 10.0 Å². The van der Waals surface area contributed by atoms with Gasteiger partial charge >= 0.3 is 5.97 Å². The van der Waals surface area contributed by atoms with Crippen molar-refractivity contribution in [2.75, 3.05) is 19.7 Å². The lowest BCUT2D eigenvalue weighted by molar-refractivity contribution is -0.159. The van der Waals surface area contributed by atoms with Crippen molar-refractivity contribution in [1.82, 2.24) is 4.90 Å². The molecule has 0 bridgehead atoms. The van der Waals surface area contributed by atoms with E-state index in [-0.39, 0.29) is 25.0 Å². The summed E-state index contributed by atoms with van der Waals surface area (Å²) in [7, 11) is 0. The molecule has 1 fully saturated rings. The molecular formula is C15H18BrNO4. The molecule has 0 saturated carbocycles. The molecule has 1 aromatic carbocycles. The maximum Gasteiger partial charge on any atom is 0.334 e. The number of hydrogen-bond donors (Lipinski definition) is 1. The molecule has 0 aliphatic carbocycles. The first-order valence-corrected chi connectivity index (χ1v) is 7.65. The molecule has 114 valence electrons. The van der Waals surface area contributed by atoms with Gasteiger partial charge in [-0.3, -0.25) is 4.79 Å². The van der Waals surface area contributed by atoms with E-state index in [0.29, 0.717) is 13.0 Å². The van der Waals surface area contributed by atoms with Gasteiger partial charge in [0, 0.05) is 17.4 Å². The number of nitrogens with zero attached hydrogens (tertiary/aromatic N) is 1. The Morgan fingerprint density at radius 1 is 1.48 bits per heavy atom. The number of carboxylic acid groups (broad SMARTS) is 1. The number of rotatable bonds is 4. The minimum Gasteiger partial charge on any atom is -0.479 e. The normalized spacial score (nSPS) is 20.1. The van der Waals surface area contributed by atoms with Crippen LogP contribution in [0.3, 0.4) is 0 Å². The van der Waals surface area contributed by atoms with Crippen LogP contribution in [0.5, 0.6) is 0 Å². The summed E-state index contributed by atoms with van der Waals surface area (Å²) in [5.41, 5.74) is 1.08. The lowest BCUT2D eigenvalue weighted by atomic mass is 9.97. The van der Waals surface area contributed by atoms with Crippen molar-refractivity contribution in [3.63, 3.8) is 0 Å². The first-order chi connectivity index (χ1) is 9.99. The van der Waals surface area contributed by atoms with Crippen molar-refractivity contribution in [1.29, 1.82) is 0 Å². The lowest BCUT2D eigenvalue weighted by Crippen LogP contribution is -2.48. The van der Waals surface area contributed by atoms with Gasteiger partial charge in [0.05, 0.1) is 13.2 Å². The quantitative estimate of drug-likeness (QED) is 0.899. The molecule has 1 N–H and O–H groups in total. The van der Waals surface area contributed by atoms with Gasteiger partial charge in [-0.25, -0.2) is 4.79 Å². The molecular weight excluding hydrogens is 338 g/mol. The number of morpholine rings is 1. The number of amides is 1. The van der Waals surface area contributed by atoms with Crippen molar-refractivity contribution >= 4 is 27.8 Å². The second kappa shape index (κ2) is 7.04. The molecule has 1 aliphatic rings. The summed E-state index contributed by atoms with van der Waals surface area (Å²) in [6.07, 6.45) is -0.559. The molecule has 1 amide bonds. The van der Waals surface area contributed by atoms with Crippen molar-refractivity contribution in [3.8, 4) is 0 Å². The third-order valence-electron chi connectivity index (χ3n) is 3.61. The van der Waals surface area contributed by atoms with Crippen LogP contribution in [-0.4, -0.2) is 47.7 Å². The fourth-order valence-electron chi connectivity index (χ4n) is 2.40. The van der Waals surface area contributed by atoms with Crippen LogP contribution in [0.4, 0.5) is 0 Å². The molecule has 6 heteroatoms. The predicted octanol–water partition coefficient (Wildman–Crippen LogP) is 2.25. The van der Waals surface area contributed by atoms with Crippen molar-refractivity contribution < 1.29 is 19.4 Å². The van der Waals surface area contributed by atoms with Crippen LogP contribution in [0.1, 0.15) is 24.8 Å². The van der Waals surface area contributed by atoms with E-state index in [1.807, 2.05) is 31.2 Å². The molecule has 1 aromatic rings. The number of aliphatic carboxylic acids is 1. The van der Waals surface area contributed by atoms with Crippen molar-refractivity contribution in [2.45, 2.75) is 25.4 Å². The number of ether oxygens (including phenoxy) is 1. The van der Waals surface area contributed by atoms with Crippen molar-refractivity contribution in [2.24, 2.45) is 0 Å². The highest BCUT2D eigenvalue weighted by Gasteiger charge is 2.29. The highest BCUT2D eigenvalue weighted by atomic mass is 79.9. The maximum absolute atomic E-state index is 12.3. The van der Waals surface area contributed by atoms with E-state index >= 15 is 0 Å². The van der Waals surface area contributed by atoms with Gasteiger partial charge in [-0.05, 0) is 17.5 Å². The summed E-state index contributed by atoms with van der Waals surface area (Å²) in [5, 5.41) is 8.96. The minimum absolute atomic E-state index is 0.0344. The van der Waals surface area contributed by atoms with Crippen LogP contribution < -0.4 is 0 Å². The average molecular weight is 356 g/mol. The average Bonchev–Trinajstić information content (AvgIpc) is 2.47. The van der Waals surface area contributed by atoms with Crippen LogP contribution >= 0.6 is 15.9 Å². The summed E-state index contributed by atoms with van der Waals surface area (Å²) in [6.45, 7) is 2.83. The summed E-state index contributed by atoms with van der Waals surface area (Å²) in [4.78, 5) is 24.8. The zero-order valence-electron chi connectivity index (χ0n) is 11.8. The lowest BCUT2D eigenvalue weighted by Gasteiger charge is -2.31. The second-order valence-corrected chi connectivity index (χ2v) is 6.02. The van der Waals surface area contributed by atoms with E-state index in [1.54, 1.807) is 4.90 Å². The fourth-order valence-corrected chi connectivity index (χ4v) is 3.08. The molecule has 5 nitrogen and oxygen atoms in total. The minimum atomic E-state index is -1.02. The molecule has 0 aromatic heterocycles. The van der Waals surface area contributed by atoms with Gasteiger partial charge in [0.1, 0.15) is 0 Å². The molecule has 2 atom stereocenters. The number of carboxylic acids is 1. The third-order valence-corrected chi connectivity index (χ3v) is 4.33. The molecule has 1 saturated heterocycles. The van der Waals surface area contributed by atoms with E-state index in [2.05, 4.69) is 15.9 Å². The Morgan fingerprint density at radius 2 is 2.19 bits per heavy atom. The van der Waals surface area contributed by atoms with Gasteiger partial charge in [-0.15, -0.1) is 0 Å². The van der Waals surface area contributed by atoms with Gasteiger partial charge in [0.25, 0.3) is 0 Å². The highest BCUT2D eigenvalue weighted by Crippen LogP contribution is 2.27. The number of hydrogen-bond acceptors (Lipinski definition) is 3. The van der Waals surface area contributed by atoms with E-state index in [4.69, 9.17) is 9.84 Å². The van der Waals surface area contributed by atoms with Crippen LogP contribution in [0.25, 0.3) is 0 Å². The summed E-state index contributed by atoms with van der Waals surface area (Å²) < 4.78 is 6.11. The first kappa shape index (κ1) is 16.0. The van der Waals surface area contributed by atoms with Crippen LogP contribution in [0, 0.1) is 0 Å². The van der Waals surface area contributed by atoms with Gasteiger partial charge < -0.3 is 14.7 Å². The number of benzene rings is 1. The van der Waals surface area contributed by atoms with Gasteiger partial charge in [-0.2, -0.15) is 0 Å². The molecule has 1 aliphatic heterocycles. The zero-order valence-corrected chi connectivity index (χ0v) is 13.4. The molecule has 21 heavy (non-hydrogen) atoms. The summed E-state index contributed by atoms with van der Waals surface area (Å²) in [5.74, 6) is -0.988. The SMILES string of the molecule is C[C@H](CC(=O)N1CCO[C@H](C(=O)O)C1)c1ccccc1Br. The predicted molar refractivity (Wildman–Crippen MR) is 81.1 cm³/mol. The largest absolute Gasteiger partial charge is 0.479 e. The Labute approximate surface area is 132 Å². The maximum atomic E-state index is 12.3. The third kappa shape index (κ3) is 4.04. The summed E-state index contributed by atoms with van der Waals surface area (Å²) in [6, 6.07) is 7.81. The van der Waals surface area contributed by atoms with E-state index in [1.165, 1.54) is 0 Å². The smallest absolute Gasteiger partial charge is 0.334 e. The monoisotopic (exact) mass is 355 g/mol. The highest BCUT2D eigenvalue weighted by molar-refractivity contribution is 9.10. The second-order valence-electron chi connectivity index (χ2n) is 5.16. The Kier molecular flexibility index (Phi) is 5.36. The van der Waals surface area contributed by atoms with E-state index < -0.39 is 12.1 Å². The molecule has 0 spiro atoms. The Hall–Kier alpha value is -1.40. The zero-order chi connectivity index (χ0) is 15.4. The number of carbonyl (C=O) groups is 2. The molecule has 2 rings (SSSR count). The standard InChI is InChI=1S/C15H18BrNO4/c1-10(11-4-2-3-5-12(11)16)8-14(18)17-6-7-21-13(9-17)15(19)20/h2-5,10,13H,6-9H2,1H3,(H,19,20)/t10-,13+/m1/s1. The molecule has 0 radical (unpaired) electrons. The van der Waals surface area contributed by atoms with Crippen LogP contribution in [0.15, 0.2) is 28.7 Å². The molecule has 0 unspecified atom stereocenters. The van der Waals surface area contributed by atoms with Crippen LogP contribution in [0.2, 0.25) is 0 Å². The Morgan fingerprint density at radius 3 is 2.86 bits per heavy atom. The molecule has 1 heterocycles. The Balaban J connectivity index is 1.98. The van der Waals surface area contributed by atoms with Gasteiger partial charge in [0.15, 0.2) is 6.10 Å². The van der Waals surface area contributed by atoms with E-state index in [9.17, 15) is 9.59 Å². The number of halogens is 1. The number of carbonyl (C=O) groups excluding carboxylic acids is 1. The Bertz CT molecular complexity index is 534. The topological polar surface area (TPSA) is 66.8 Å². The van der Waals surface area contributed by atoms with Gasteiger partial charge in [0.2, 0.25) is 5.91 Å². The first-order valence-electron chi connectivity index (χ1n) is 6.85. The van der Waals surface area contributed by atoms with Gasteiger partial charge in [-0.1, -0.05) is 41.1 Å².